The molecule has 0 unspecified atom stereocenters. The van der Waals surface area contributed by atoms with Crippen molar-refractivity contribution in [2.75, 3.05) is 19.6 Å². The summed E-state index contributed by atoms with van der Waals surface area (Å²) in [7, 11) is 0. The van der Waals surface area contributed by atoms with Crippen molar-refractivity contribution in [2.45, 2.75) is 19.3 Å². The minimum atomic E-state index is 0.689. The van der Waals surface area contributed by atoms with Crippen molar-refractivity contribution in [2.24, 2.45) is 4.99 Å². The maximum Gasteiger partial charge on any atom is 0.240 e. The number of carbonyl (C=O) groups excluding carboxylic acids is 1. The second-order valence-electron chi connectivity index (χ2n) is 3.64. The molecule has 0 aliphatic carbocycles. The third-order valence-electron chi connectivity index (χ3n) is 2.64. The van der Waals surface area contributed by atoms with Gasteiger partial charge in [-0.1, -0.05) is 0 Å². The van der Waals surface area contributed by atoms with E-state index in [-0.39, 0.29) is 0 Å². The van der Waals surface area contributed by atoms with E-state index in [0.29, 0.717) is 5.69 Å². The molecule has 2 rings (SSSR count). The predicted octanol–water partition coefficient (Wildman–Crippen LogP) is 1.75. The number of hydrogen-bond donors (Lipinski definition) is 0. The summed E-state index contributed by atoms with van der Waals surface area (Å²) in [6, 6.07) is 0. The molecule has 15 heavy (non-hydrogen) atoms. The van der Waals surface area contributed by atoms with Gasteiger partial charge in [0, 0.05) is 6.54 Å². The predicted molar refractivity (Wildman–Crippen MR) is 59.3 cm³/mol. The van der Waals surface area contributed by atoms with E-state index in [1.165, 1.54) is 37.5 Å². The summed E-state index contributed by atoms with van der Waals surface area (Å²) < 4.78 is 4.04. The largest absolute Gasteiger partial charge is 0.303 e. The van der Waals surface area contributed by atoms with Gasteiger partial charge in [-0.3, -0.25) is 0 Å². The number of aliphatic imine (C=N–C) groups is 1. The van der Waals surface area contributed by atoms with Gasteiger partial charge in [0.1, 0.15) is 5.69 Å². The summed E-state index contributed by atoms with van der Waals surface area (Å²) >= 11 is 1.42. The lowest BCUT2D eigenvalue weighted by Gasteiger charge is -2.12. The highest BCUT2D eigenvalue weighted by Crippen LogP contribution is 2.23. The number of aromatic nitrogens is 1. The lowest BCUT2D eigenvalue weighted by Crippen LogP contribution is -2.21. The lowest BCUT2D eigenvalue weighted by molar-refractivity contribution is 0.344. The van der Waals surface area contributed by atoms with Crippen LogP contribution in [0.1, 0.15) is 17.7 Å². The summed E-state index contributed by atoms with van der Waals surface area (Å²) in [6.45, 7) is 3.44. The second-order valence-corrected chi connectivity index (χ2v) is 4.52. The molecule has 5 heteroatoms. The molecule has 2 heterocycles. The fourth-order valence-corrected chi connectivity index (χ4v) is 2.49. The van der Waals surface area contributed by atoms with Crippen molar-refractivity contribution in [3.05, 3.63) is 11.1 Å². The van der Waals surface area contributed by atoms with Gasteiger partial charge in [0.2, 0.25) is 6.08 Å². The van der Waals surface area contributed by atoms with Gasteiger partial charge in [-0.25, -0.2) is 4.79 Å². The first-order valence-electron chi connectivity index (χ1n) is 5.14. The first-order chi connectivity index (χ1) is 7.40. The van der Waals surface area contributed by atoms with E-state index in [4.69, 9.17) is 0 Å². The Balaban J connectivity index is 1.91. The molecular weight excluding hydrogens is 210 g/mol. The van der Waals surface area contributed by atoms with E-state index >= 15 is 0 Å². The first kappa shape index (κ1) is 10.5. The number of hydrogen-bond acceptors (Lipinski definition) is 5. The van der Waals surface area contributed by atoms with Gasteiger partial charge in [-0.05, 0) is 43.9 Å². The lowest BCUT2D eigenvalue weighted by atomic mass is 10.3. The summed E-state index contributed by atoms with van der Waals surface area (Å²) in [5.41, 5.74) is 0.689. The highest BCUT2D eigenvalue weighted by Gasteiger charge is 2.12. The molecule has 1 aromatic rings. The minimum Gasteiger partial charge on any atom is -0.303 e. The number of isocyanates is 1. The molecular formula is C10H13N3OS. The molecule has 0 atom stereocenters. The van der Waals surface area contributed by atoms with Gasteiger partial charge in [-0.15, -0.1) is 0 Å². The molecule has 0 N–H and O–H groups in total. The van der Waals surface area contributed by atoms with Crippen LogP contribution in [0.15, 0.2) is 11.2 Å². The summed E-state index contributed by atoms with van der Waals surface area (Å²) in [5, 5.41) is 0. The van der Waals surface area contributed by atoms with Crippen LogP contribution >= 0.6 is 11.5 Å². The Morgan fingerprint density at radius 3 is 3.07 bits per heavy atom. The van der Waals surface area contributed by atoms with Gasteiger partial charge < -0.3 is 4.90 Å². The molecule has 4 nitrogen and oxygen atoms in total. The fourth-order valence-electron chi connectivity index (χ4n) is 1.84. The van der Waals surface area contributed by atoms with Crippen LogP contribution in [0.2, 0.25) is 0 Å². The molecule has 1 saturated heterocycles. The molecule has 1 fully saturated rings. The molecule has 0 aromatic carbocycles. The summed E-state index contributed by atoms with van der Waals surface area (Å²) in [5.74, 6) is 0. The Hall–Kier alpha value is -1.03. The standard InChI is InChI=1S/C10H13N3OS/c14-8-11-9-7-12-15-10(9)3-6-13-4-1-2-5-13/h7H,1-6H2. The fraction of sp³-hybridized carbons (Fsp3) is 0.600. The quantitative estimate of drug-likeness (QED) is 0.577. The average Bonchev–Trinajstić information content (AvgIpc) is 2.85. The highest BCUT2D eigenvalue weighted by atomic mass is 32.1. The van der Waals surface area contributed by atoms with Gasteiger partial charge in [0.25, 0.3) is 0 Å². The van der Waals surface area contributed by atoms with Gasteiger partial charge in [0.05, 0.1) is 11.1 Å². The Morgan fingerprint density at radius 2 is 2.33 bits per heavy atom. The molecule has 1 aliphatic rings. The van der Waals surface area contributed by atoms with Crippen LogP contribution in [0.4, 0.5) is 5.69 Å². The summed E-state index contributed by atoms with van der Waals surface area (Å²) in [6.07, 6.45) is 6.75. The van der Waals surface area contributed by atoms with E-state index in [2.05, 4.69) is 14.3 Å². The van der Waals surface area contributed by atoms with Crippen LogP contribution < -0.4 is 0 Å². The van der Waals surface area contributed by atoms with Crippen molar-refractivity contribution in [3.8, 4) is 0 Å². The highest BCUT2D eigenvalue weighted by molar-refractivity contribution is 7.06. The van der Waals surface area contributed by atoms with Crippen molar-refractivity contribution in [1.82, 2.24) is 9.27 Å². The van der Waals surface area contributed by atoms with Crippen LogP contribution in [-0.4, -0.2) is 35.0 Å². The average molecular weight is 223 g/mol. The molecule has 0 bridgehead atoms. The van der Waals surface area contributed by atoms with E-state index in [0.717, 1.165) is 17.8 Å². The minimum absolute atomic E-state index is 0.689. The molecule has 0 spiro atoms. The molecule has 80 valence electrons. The van der Waals surface area contributed by atoms with E-state index < -0.39 is 0 Å². The van der Waals surface area contributed by atoms with Gasteiger partial charge in [-0.2, -0.15) is 9.37 Å². The van der Waals surface area contributed by atoms with Crippen LogP contribution in [0.25, 0.3) is 0 Å². The maximum atomic E-state index is 10.2. The summed E-state index contributed by atoms with van der Waals surface area (Å²) in [4.78, 5) is 17.3. The Bertz CT molecular complexity index is 364. The third-order valence-corrected chi connectivity index (χ3v) is 3.49. The van der Waals surface area contributed by atoms with Crippen molar-refractivity contribution in [1.29, 1.82) is 0 Å². The zero-order valence-electron chi connectivity index (χ0n) is 8.48. The van der Waals surface area contributed by atoms with Crippen molar-refractivity contribution < 1.29 is 4.79 Å². The van der Waals surface area contributed by atoms with Gasteiger partial charge in [0.15, 0.2) is 0 Å². The van der Waals surface area contributed by atoms with Crippen molar-refractivity contribution >= 4 is 23.3 Å². The molecule has 1 aliphatic heterocycles. The number of likely N-dealkylation sites (tertiary alicyclic amines) is 1. The molecule has 0 saturated carbocycles. The third kappa shape index (κ3) is 2.72. The van der Waals surface area contributed by atoms with Gasteiger partial charge >= 0.3 is 0 Å². The topological polar surface area (TPSA) is 45.6 Å². The monoisotopic (exact) mass is 223 g/mol. The molecule has 0 amide bonds. The number of nitrogens with zero attached hydrogens (tertiary/aromatic N) is 3. The first-order valence-corrected chi connectivity index (χ1v) is 5.91. The Morgan fingerprint density at radius 1 is 1.53 bits per heavy atom. The number of rotatable bonds is 4. The van der Waals surface area contributed by atoms with Crippen molar-refractivity contribution in [3.63, 3.8) is 0 Å². The molecule has 0 radical (unpaired) electrons. The zero-order valence-corrected chi connectivity index (χ0v) is 9.29. The van der Waals surface area contributed by atoms with Crippen LogP contribution in [0.3, 0.4) is 0 Å². The molecule has 1 aromatic heterocycles. The van der Waals surface area contributed by atoms with Crippen LogP contribution in [0.5, 0.6) is 0 Å². The Labute approximate surface area is 92.8 Å². The van der Waals surface area contributed by atoms with E-state index in [9.17, 15) is 4.79 Å². The smallest absolute Gasteiger partial charge is 0.240 e. The zero-order chi connectivity index (χ0) is 10.5. The van der Waals surface area contributed by atoms with Crippen LogP contribution in [-0.2, 0) is 11.2 Å². The van der Waals surface area contributed by atoms with E-state index in [1.54, 1.807) is 12.3 Å². The second kappa shape index (κ2) is 5.16. The Kier molecular flexibility index (Phi) is 3.61. The van der Waals surface area contributed by atoms with Crippen LogP contribution in [0, 0.1) is 0 Å². The normalized spacial score (nSPS) is 16.5. The maximum absolute atomic E-state index is 10.2. The van der Waals surface area contributed by atoms with E-state index in [1.807, 2.05) is 0 Å². The SMILES string of the molecule is O=C=Nc1cnsc1CCN1CCCC1.